The van der Waals surface area contributed by atoms with Gasteiger partial charge in [-0.1, -0.05) is 38.1 Å². The molecule has 0 fully saturated rings. The van der Waals surface area contributed by atoms with Crippen molar-refractivity contribution < 1.29 is 9.53 Å². The van der Waals surface area contributed by atoms with Gasteiger partial charge in [-0.3, -0.25) is 4.79 Å². The van der Waals surface area contributed by atoms with E-state index in [-0.39, 0.29) is 10.5 Å². The molecule has 0 heterocycles. The molecular formula is C16H18O2S. The highest BCUT2D eigenvalue weighted by atomic mass is 32.1. The van der Waals surface area contributed by atoms with Crippen molar-refractivity contribution >= 4 is 29.2 Å². The molecule has 2 aromatic rings. The van der Waals surface area contributed by atoms with E-state index in [1.807, 2.05) is 50.2 Å². The highest BCUT2D eigenvalue weighted by molar-refractivity contribution is 7.81. The molecule has 0 aliphatic rings. The molecule has 0 aliphatic heterocycles. The molecule has 0 aliphatic carbocycles. The second kappa shape index (κ2) is 5.25. The highest BCUT2D eigenvalue weighted by Gasteiger charge is 2.20. The van der Waals surface area contributed by atoms with Crippen LogP contribution in [-0.2, 0) is 0 Å². The van der Waals surface area contributed by atoms with Gasteiger partial charge in [0.25, 0.3) is 0 Å². The Morgan fingerprint density at radius 1 is 1.16 bits per heavy atom. The third-order valence-corrected chi connectivity index (χ3v) is 3.16. The van der Waals surface area contributed by atoms with Crippen LogP contribution in [0.4, 0.5) is 0 Å². The first kappa shape index (κ1) is 13.9. The molecule has 2 rings (SSSR count). The number of ether oxygens (including phenoxy) is 1. The highest BCUT2D eigenvalue weighted by Crippen LogP contribution is 2.30. The van der Waals surface area contributed by atoms with E-state index in [2.05, 4.69) is 12.6 Å². The van der Waals surface area contributed by atoms with Crippen LogP contribution in [0.2, 0.25) is 0 Å². The maximum absolute atomic E-state index is 12.4. The van der Waals surface area contributed by atoms with Crippen molar-refractivity contribution in [1.82, 2.24) is 0 Å². The van der Waals surface area contributed by atoms with Crippen LogP contribution in [0, 0.1) is 0 Å². The molecule has 0 atom stereocenters. The van der Waals surface area contributed by atoms with Crippen LogP contribution in [0.5, 0.6) is 5.75 Å². The summed E-state index contributed by atoms with van der Waals surface area (Å²) in [7, 11) is 1.64. The molecule has 0 saturated carbocycles. The molecule has 0 saturated heterocycles. The lowest BCUT2D eigenvalue weighted by molar-refractivity contribution is 0.0975. The van der Waals surface area contributed by atoms with E-state index >= 15 is 0 Å². The summed E-state index contributed by atoms with van der Waals surface area (Å²) in [5, 5.41) is 1.90. The number of methoxy groups -OCH3 is 1. The summed E-state index contributed by atoms with van der Waals surface area (Å²) in [6.07, 6.45) is 0.409. The topological polar surface area (TPSA) is 26.3 Å². The zero-order valence-electron chi connectivity index (χ0n) is 11.4. The molecule has 0 aromatic heterocycles. The number of rotatable bonds is 4. The maximum atomic E-state index is 12.4. The number of carbonyl (C=O) groups is 1. The molecule has 0 unspecified atom stereocenters. The first-order valence-corrected chi connectivity index (χ1v) is 6.68. The minimum atomic E-state index is -0.307. The molecule has 0 bridgehead atoms. The molecule has 0 N–H and O–H groups in total. The van der Waals surface area contributed by atoms with E-state index < -0.39 is 0 Å². The molecule has 19 heavy (non-hydrogen) atoms. The largest absolute Gasteiger partial charge is 0.496 e. The van der Waals surface area contributed by atoms with Crippen molar-refractivity contribution in [3.63, 3.8) is 0 Å². The molecular weight excluding hydrogens is 256 g/mol. The minimum absolute atomic E-state index is 0.110. The normalized spacial score (nSPS) is 11.6. The van der Waals surface area contributed by atoms with Gasteiger partial charge in [0.2, 0.25) is 0 Å². The van der Waals surface area contributed by atoms with Gasteiger partial charge in [-0.05, 0) is 17.5 Å². The van der Waals surface area contributed by atoms with E-state index in [1.54, 1.807) is 7.11 Å². The Morgan fingerprint density at radius 2 is 1.79 bits per heavy atom. The number of thiol groups is 1. The van der Waals surface area contributed by atoms with Crippen molar-refractivity contribution in [3.05, 3.63) is 42.0 Å². The van der Waals surface area contributed by atoms with Crippen LogP contribution in [0.3, 0.4) is 0 Å². The summed E-state index contributed by atoms with van der Waals surface area (Å²) < 4.78 is 5.03. The number of carbonyl (C=O) groups excluding carboxylic acids is 1. The fourth-order valence-electron chi connectivity index (χ4n) is 2.18. The molecule has 2 aromatic carbocycles. The van der Waals surface area contributed by atoms with Gasteiger partial charge >= 0.3 is 0 Å². The van der Waals surface area contributed by atoms with E-state index in [0.29, 0.717) is 6.42 Å². The van der Waals surface area contributed by atoms with Crippen LogP contribution in [0.1, 0.15) is 30.6 Å². The van der Waals surface area contributed by atoms with E-state index in [0.717, 1.165) is 22.1 Å². The van der Waals surface area contributed by atoms with Gasteiger partial charge in [0.05, 0.1) is 7.11 Å². The van der Waals surface area contributed by atoms with Gasteiger partial charge in [-0.15, -0.1) is 0 Å². The Morgan fingerprint density at radius 3 is 2.37 bits per heavy atom. The van der Waals surface area contributed by atoms with Crippen molar-refractivity contribution in [3.8, 4) is 5.75 Å². The number of benzene rings is 2. The van der Waals surface area contributed by atoms with Gasteiger partial charge in [-0.2, -0.15) is 12.6 Å². The molecule has 0 spiro atoms. The molecule has 0 radical (unpaired) electrons. The first-order chi connectivity index (χ1) is 8.92. The Hall–Kier alpha value is -1.48. The zero-order chi connectivity index (χ0) is 14.0. The lowest BCUT2D eigenvalue weighted by Gasteiger charge is -2.17. The Bertz CT molecular complexity index is 612. The number of hydrogen-bond acceptors (Lipinski definition) is 3. The van der Waals surface area contributed by atoms with Crippen LogP contribution in [0.15, 0.2) is 36.4 Å². The average molecular weight is 274 g/mol. The zero-order valence-corrected chi connectivity index (χ0v) is 12.3. The van der Waals surface area contributed by atoms with Gasteiger partial charge in [0, 0.05) is 22.1 Å². The molecule has 3 heteroatoms. The number of ketones is 1. The predicted molar refractivity (Wildman–Crippen MR) is 82.5 cm³/mol. The van der Waals surface area contributed by atoms with Crippen LogP contribution >= 0.6 is 12.6 Å². The summed E-state index contributed by atoms with van der Waals surface area (Å²) in [5.41, 5.74) is 0.735. The Labute approximate surface area is 119 Å². The third kappa shape index (κ3) is 3.10. The number of hydrogen-bond donors (Lipinski definition) is 1. The van der Waals surface area contributed by atoms with E-state index in [4.69, 9.17) is 4.74 Å². The fourth-order valence-corrected chi connectivity index (χ4v) is 2.32. The molecule has 100 valence electrons. The van der Waals surface area contributed by atoms with Gasteiger partial charge < -0.3 is 4.74 Å². The molecule has 2 nitrogen and oxygen atoms in total. The first-order valence-electron chi connectivity index (χ1n) is 6.24. The van der Waals surface area contributed by atoms with Crippen LogP contribution in [0.25, 0.3) is 10.8 Å². The number of Topliss-reactive ketones (excluding diaryl/α,β-unsaturated/α-hetero) is 1. The van der Waals surface area contributed by atoms with Crippen molar-refractivity contribution in [2.45, 2.75) is 25.0 Å². The van der Waals surface area contributed by atoms with Crippen LogP contribution in [-0.4, -0.2) is 17.6 Å². The quantitative estimate of drug-likeness (QED) is 0.670. The van der Waals surface area contributed by atoms with Crippen molar-refractivity contribution in [2.24, 2.45) is 0 Å². The average Bonchev–Trinajstić information content (AvgIpc) is 2.35. The monoisotopic (exact) mass is 274 g/mol. The fraction of sp³-hybridized carbons (Fsp3) is 0.312. The lowest BCUT2D eigenvalue weighted by Crippen LogP contribution is -2.17. The summed E-state index contributed by atoms with van der Waals surface area (Å²) >= 11 is 4.43. The second-order valence-electron chi connectivity index (χ2n) is 5.27. The lowest BCUT2D eigenvalue weighted by atomic mass is 9.95. The third-order valence-electron chi connectivity index (χ3n) is 3.00. The Kier molecular flexibility index (Phi) is 3.85. The summed E-state index contributed by atoms with van der Waals surface area (Å²) in [5.74, 6) is 0.899. The van der Waals surface area contributed by atoms with Crippen molar-refractivity contribution in [2.75, 3.05) is 7.11 Å². The summed E-state index contributed by atoms with van der Waals surface area (Å²) in [6.45, 7) is 3.89. The molecule has 0 amide bonds. The Balaban J connectivity index is 2.53. The van der Waals surface area contributed by atoms with Gasteiger partial charge in [-0.25, -0.2) is 0 Å². The van der Waals surface area contributed by atoms with E-state index in [9.17, 15) is 4.79 Å². The number of fused-ring (bicyclic) bond motifs is 1. The van der Waals surface area contributed by atoms with Crippen molar-refractivity contribution in [1.29, 1.82) is 0 Å². The van der Waals surface area contributed by atoms with Crippen LogP contribution < -0.4 is 4.74 Å². The second-order valence-corrected chi connectivity index (χ2v) is 6.48. The minimum Gasteiger partial charge on any atom is -0.496 e. The predicted octanol–water partition coefficient (Wildman–Crippen LogP) is 4.13. The summed E-state index contributed by atoms with van der Waals surface area (Å²) in [4.78, 5) is 12.4. The smallest absolute Gasteiger partial charge is 0.164 e. The SMILES string of the molecule is COc1ccc(C(=O)CC(C)(C)S)c2ccccc12. The standard InChI is InChI=1S/C16H18O2S/c1-16(2,19)10-14(17)12-8-9-15(18-3)13-7-5-4-6-11(12)13/h4-9,19H,10H2,1-3H3. The van der Waals surface area contributed by atoms with Gasteiger partial charge in [0.15, 0.2) is 5.78 Å². The van der Waals surface area contributed by atoms with E-state index in [1.165, 1.54) is 0 Å². The maximum Gasteiger partial charge on any atom is 0.164 e. The van der Waals surface area contributed by atoms with Gasteiger partial charge in [0.1, 0.15) is 5.75 Å². The summed E-state index contributed by atoms with van der Waals surface area (Å²) in [6, 6.07) is 11.5.